The van der Waals surface area contributed by atoms with Crippen LogP contribution in [0.5, 0.6) is 0 Å². The fourth-order valence-corrected chi connectivity index (χ4v) is 1.94. The fraction of sp³-hybridized carbons (Fsp3) is 0.385. The summed E-state index contributed by atoms with van der Waals surface area (Å²) in [5, 5.41) is 17.4. The van der Waals surface area contributed by atoms with Gasteiger partial charge in [-0.05, 0) is 12.6 Å². The number of aliphatic hydroxyl groups is 1. The topological polar surface area (TPSA) is 54.2 Å². The molecule has 1 aromatic heterocycles. The van der Waals surface area contributed by atoms with Gasteiger partial charge in [-0.25, -0.2) is 0 Å². The van der Waals surface area contributed by atoms with E-state index in [-0.39, 0.29) is 0 Å². The van der Waals surface area contributed by atoms with Crippen LogP contribution in [0.15, 0.2) is 43.0 Å². The molecule has 18 heavy (non-hydrogen) atoms. The molecule has 1 N–H and O–H groups in total. The van der Waals surface area contributed by atoms with E-state index in [9.17, 15) is 5.11 Å². The second-order valence-corrected chi connectivity index (χ2v) is 4.49. The van der Waals surface area contributed by atoms with Gasteiger partial charge in [-0.15, -0.1) is 10.2 Å². The van der Waals surface area contributed by atoms with Crippen molar-refractivity contribution in [3.63, 3.8) is 0 Å². The highest BCUT2D eigenvalue weighted by Crippen LogP contribution is 2.03. The molecule has 2 rings (SSSR count). The predicted molar refractivity (Wildman–Crippen MR) is 68.8 cm³/mol. The molecule has 96 valence electrons. The van der Waals surface area contributed by atoms with Gasteiger partial charge < -0.3 is 9.67 Å². The molecular weight excluding hydrogens is 228 g/mol. The molecule has 5 nitrogen and oxygen atoms in total. The van der Waals surface area contributed by atoms with Crippen molar-refractivity contribution >= 4 is 0 Å². The van der Waals surface area contributed by atoms with E-state index >= 15 is 0 Å². The lowest BCUT2D eigenvalue weighted by Crippen LogP contribution is -2.31. The van der Waals surface area contributed by atoms with Gasteiger partial charge in [-0.3, -0.25) is 4.90 Å². The molecule has 1 atom stereocenters. The summed E-state index contributed by atoms with van der Waals surface area (Å²) in [5.41, 5.74) is 1.25. The minimum Gasteiger partial charge on any atom is -0.390 e. The number of nitrogens with zero attached hydrogens (tertiary/aromatic N) is 4. The Morgan fingerprint density at radius 1 is 1.22 bits per heavy atom. The van der Waals surface area contributed by atoms with E-state index in [1.807, 2.05) is 25.2 Å². The van der Waals surface area contributed by atoms with E-state index in [1.54, 1.807) is 17.2 Å². The Kier molecular flexibility index (Phi) is 4.44. The predicted octanol–water partition coefficient (Wildman–Crippen LogP) is 0.771. The summed E-state index contributed by atoms with van der Waals surface area (Å²) in [6.45, 7) is 1.97. The molecule has 0 aliphatic carbocycles. The summed E-state index contributed by atoms with van der Waals surface area (Å²) < 4.78 is 1.78. The Morgan fingerprint density at radius 3 is 2.56 bits per heavy atom. The highest BCUT2D eigenvalue weighted by Gasteiger charge is 2.09. The third-order valence-electron chi connectivity index (χ3n) is 2.71. The van der Waals surface area contributed by atoms with Gasteiger partial charge in [-0.2, -0.15) is 0 Å². The van der Waals surface area contributed by atoms with E-state index in [0.717, 1.165) is 6.54 Å². The molecule has 1 heterocycles. The van der Waals surface area contributed by atoms with Crippen molar-refractivity contribution in [3.05, 3.63) is 48.5 Å². The van der Waals surface area contributed by atoms with Crippen LogP contribution in [-0.4, -0.2) is 44.5 Å². The molecule has 0 spiro atoms. The molecule has 1 aromatic carbocycles. The molecule has 0 amide bonds. The molecular formula is C13H18N4O. The summed E-state index contributed by atoms with van der Waals surface area (Å²) in [5.74, 6) is 0. The molecule has 0 saturated heterocycles. The first-order chi connectivity index (χ1) is 8.74. The molecule has 5 heteroatoms. The highest BCUT2D eigenvalue weighted by atomic mass is 16.3. The monoisotopic (exact) mass is 246 g/mol. The van der Waals surface area contributed by atoms with Crippen molar-refractivity contribution < 1.29 is 5.11 Å². The number of benzene rings is 1. The Morgan fingerprint density at radius 2 is 1.89 bits per heavy atom. The SMILES string of the molecule is CN(Cc1ccccc1)CC(O)Cn1cnnc1. The molecule has 0 fully saturated rings. The normalized spacial score (nSPS) is 12.8. The molecule has 0 radical (unpaired) electrons. The van der Waals surface area contributed by atoms with Gasteiger partial charge >= 0.3 is 0 Å². The summed E-state index contributed by atoms with van der Waals surface area (Å²) in [6, 6.07) is 10.2. The van der Waals surface area contributed by atoms with Crippen LogP contribution in [0.3, 0.4) is 0 Å². The Hall–Kier alpha value is -1.72. The molecule has 2 aromatic rings. The van der Waals surface area contributed by atoms with Crippen molar-refractivity contribution in [3.8, 4) is 0 Å². The zero-order valence-corrected chi connectivity index (χ0v) is 10.5. The minimum absolute atomic E-state index is 0.422. The lowest BCUT2D eigenvalue weighted by Gasteiger charge is -2.20. The molecule has 0 aliphatic heterocycles. The maximum Gasteiger partial charge on any atom is 0.119 e. The maximum absolute atomic E-state index is 9.95. The van der Waals surface area contributed by atoms with Crippen molar-refractivity contribution in [1.29, 1.82) is 0 Å². The number of hydrogen-bond donors (Lipinski definition) is 1. The lowest BCUT2D eigenvalue weighted by molar-refractivity contribution is 0.107. The summed E-state index contributed by atoms with van der Waals surface area (Å²) >= 11 is 0. The van der Waals surface area contributed by atoms with Gasteiger partial charge in [-0.1, -0.05) is 30.3 Å². The average Bonchev–Trinajstić information content (AvgIpc) is 2.82. The van der Waals surface area contributed by atoms with Crippen molar-refractivity contribution in [1.82, 2.24) is 19.7 Å². The van der Waals surface area contributed by atoms with Crippen molar-refractivity contribution in [2.24, 2.45) is 0 Å². The van der Waals surface area contributed by atoms with Crippen LogP contribution in [0, 0.1) is 0 Å². The standard InChI is InChI=1S/C13H18N4O/c1-16(7-12-5-3-2-4-6-12)8-13(18)9-17-10-14-15-11-17/h2-6,10-11,13,18H,7-9H2,1H3. The van der Waals surface area contributed by atoms with Gasteiger partial charge in [0.25, 0.3) is 0 Å². The zero-order chi connectivity index (χ0) is 12.8. The van der Waals surface area contributed by atoms with E-state index in [1.165, 1.54) is 5.56 Å². The third kappa shape index (κ3) is 3.94. The Labute approximate surface area is 107 Å². The average molecular weight is 246 g/mol. The van der Waals surface area contributed by atoms with Crippen LogP contribution >= 0.6 is 0 Å². The third-order valence-corrected chi connectivity index (χ3v) is 2.71. The van der Waals surface area contributed by atoms with Crippen LogP contribution in [0.2, 0.25) is 0 Å². The molecule has 1 unspecified atom stereocenters. The van der Waals surface area contributed by atoms with Gasteiger partial charge in [0.1, 0.15) is 12.7 Å². The number of aliphatic hydroxyl groups excluding tert-OH is 1. The van der Waals surface area contributed by atoms with Gasteiger partial charge in [0.15, 0.2) is 0 Å². The van der Waals surface area contributed by atoms with Crippen molar-refractivity contribution in [2.75, 3.05) is 13.6 Å². The minimum atomic E-state index is -0.422. The first kappa shape index (κ1) is 12.7. The Bertz CT molecular complexity index is 443. The molecule has 0 aliphatic rings. The van der Waals surface area contributed by atoms with Crippen LogP contribution in [0.1, 0.15) is 5.56 Å². The first-order valence-electron chi connectivity index (χ1n) is 5.97. The quantitative estimate of drug-likeness (QED) is 0.818. The zero-order valence-electron chi connectivity index (χ0n) is 10.5. The maximum atomic E-state index is 9.95. The number of aromatic nitrogens is 3. The van der Waals surface area contributed by atoms with E-state index in [2.05, 4.69) is 27.2 Å². The van der Waals surface area contributed by atoms with E-state index in [0.29, 0.717) is 13.1 Å². The largest absolute Gasteiger partial charge is 0.390 e. The van der Waals surface area contributed by atoms with E-state index < -0.39 is 6.10 Å². The Balaban J connectivity index is 1.78. The summed E-state index contributed by atoms with van der Waals surface area (Å²) in [4.78, 5) is 2.10. The van der Waals surface area contributed by atoms with Gasteiger partial charge in [0.2, 0.25) is 0 Å². The first-order valence-corrected chi connectivity index (χ1v) is 5.97. The summed E-state index contributed by atoms with van der Waals surface area (Å²) in [6.07, 6.45) is 2.80. The van der Waals surface area contributed by atoms with Gasteiger partial charge in [0.05, 0.1) is 12.6 Å². The smallest absolute Gasteiger partial charge is 0.119 e. The van der Waals surface area contributed by atoms with Crippen LogP contribution in [0.25, 0.3) is 0 Å². The lowest BCUT2D eigenvalue weighted by atomic mass is 10.2. The highest BCUT2D eigenvalue weighted by molar-refractivity contribution is 5.14. The molecule has 0 saturated carbocycles. The second kappa shape index (κ2) is 6.28. The summed E-state index contributed by atoms with van der Waals surface area (Å²) in [7, 11) is 2.00. The van der Waals surface area contributed by atoms with Gasteiger partial charge in [0, 0.05) is 13.1 Å². The number of likely N-dealkylation sites (N-methyl/N-ethyl adjacent to an activating group) is 1. The number of rotatable bonds is 6. The molecule has 0 bridgehead atoms. The van der Waals surface area contributed by atoms with E-state index in [4.69, 9.17) is 0 Å². The van der Waals surface area contributed by atoms with Crippen LogP contribution < -0.4 is 0 Å². The van der Waals surface area contributed by atoms with Crippen LogP contribution in [-0.2, 0) is 13.1 Å². The number of hydrogen-bond acceptors (Lipinski definition) is 4. The second-order valence-electron chi connectivity index (χ2n) is 4.49. The van der Waals surface area contributed by atoms with Crippen molar-refractivity contribution in [2.45, 2.75) is 19.2 Å². The fourth-order valence-electron chi connectivity index (χ4n) is 1.94. The van der Waals surface area contributed by atoms with Crippen LogP contribution in [0.4, 0.5) is 0 Å².